The van der Waals surface area contributed by atoms with Crippen LogP contribution in [0.2, 0.25) is 0 Å². The summed E-state index contributed by atoms with van der Waals surface area (Å²) in [5, 5.41) is 10.6. The highest BCUT2D eigenvalue weighted by atomic mass is 32.1. The fraction of sp³-hybridized carbons (Fsp3) is 0.538. The van der Waals surface area contributed by atoms with E-state index < -0.39 is 6.10 Å². The molecule has 0 bridgehead atoms. The molecule has 3 rings (SSSR count). The predicted molar refractivity (Wildman–Crippen MR) is 72.2 cm³/mol. The van der Waals surface area contributed by atoms with Crippen LogP contribution in [0, 0.1) is 13.8 Å². The maximum absolute atomic E-state index is 12.5. The Bertz CT molecular complexity index is 659. The number of aliphatic hydroxyl groups is 1. The first-order chi connectivity index (χ1) is 8.59. The van der Waals surface area contributed by atoms with Crippen LogP contribution in [0.4, 0.5) is 0 Å². The van der Waals surface area contributed by atoms with Crippen molar-refractivity contribution in [3.8, 4) is 0 Å². The third-order valence-corrected chi connectivity index (χ3v) is 5.03. The standard InChI is InChI=1S/C13H16N2O2S/c1-7-8(2)18-12-11(7)13(17)15(6-14-12)9-4-3-5-10(9)16/h6,9-10,16H,3-5H2,1-2H3/t9-,10-/m0/s1. The summed E-state index contributed by atoms with van der Waals surface area (Å²) in [6.07, 6.45) is 3.78. The van der Waals surface area contributed by atoms with Gasteiger partial charge in [0.25, 0.3) is 5.56 Å². The van der Waals surface area contributed by atoms with Gasteiger partial charge in [0.15, 0.2) is 0 Å². The number of thiophene rings is 1. The lowest BCUT2D eigenvalue weighted by molar-refractivity contribution is 0.134. The number of aryl methyl sites for hydroxylation is 2. The van der Waals surface area contributed by atoms with E-state index in [1.807, 2.05) is 13.8 Å². The van der Waals surface area contributed by atoms with E-state index in [4.69, 9.17) is 0 Å². The van der Waals surface area contributed by atoms with Crippen molar-refractivity contribution in [3.63, 3.8) is 0 Å². The zero-order valence-electron chi connectivity index (χ0n) is 10.5. The molecule has 1 aliphatic carbocycles. The van der Waals surface area contributed by atoms with Gasteiger partial charge in [-0.05, 0) is 38.7 Å². The summed E-state index contributed by atoms with van der Waals surface area (Å²) in [5.74, 6) is 0. The van der Waals surface area contributed by atoms with E-state index in [9.17, 15) is 9.90 Å². The number of nitrogens with zero attached hydrogens (tertiary/aromatic N) is 2. The number of hydrogen-bond donors (Lipinski definition) is 1. The van der Waals surface area contributed by atoms with Gasteiger partial charge in [0.05, 0.1) is 23.9 Å². The molecule has 0 aliphatic heterocycles. The van der Waals surface area contributed by atoms with Crippen LogP contribution >= 0.6 is 11.3 Å². The van der Waals surface area contributed by atoms with Crippen molar-refractivity contribution in [3.05, 3.63) is 27.1 Å². The van der Waals surface area contributed by atoms with Gasteiger partial charge in [0.2, 0.25) is 0 Å². The maximum Gasteiger partial charge on any atom is 0.262 e. The normalized spacial score (nSPS) is 23.9. The van der Waals surface area contributed by atoms with E-state index in [1.54, 1.807) is 22.2 Å². The highest BCUT2D eigenvalue weighted by Crippen LogP contribution is 2.30. The topological polar surface area (TPSA) is 55.1 Å². The number of hydrogen-bond acceptors (Lipinski definition) is 4. The molecular weight excluding hydrogens is 248 g/mol. The van der Waals surface area contributed by atoms with Crippen molar-refractivity contribution in [2.45, 2.75) is 45.3 Å². The van der Waals surface area contributed by atoms with E-state index in [-0.39, 0.29) is 11.6 Å². The van der Waals surface area contributed by atoms with Crippen molar-refractivity contribution < 1.29 is 5.11 Å². The quantitative estimate of drug-likeness (QED) is 0.858. The summed E-state index contributed by atoms with van der Waals surface area (Å²) < 4.78 is 1.62. The summed E-state index contributed by atoms with van der Waals surface area (Å²) in [6.45, 7) is 3.97. The van der Waals surface area contributed by atoms with E-state index >= 15 is 0 Å². The fourth-order valence-corrected chi connectivity index (χ4v) is 3.72. The molecule has 2 aromatic heterocycles. The molecule has 0 aromatic carbocycles. The maximum atomic E-state index is 12.5. The molecule has 18 heavy (non-hydrogen) atoms. The van der Waals surface area contributed by atoms with Gasteiger partial charge in [0, 0.05) is 4.88 Å². The molecule has 1 fully saturated rings. The van der Waals surface area contributed by atoms with E-state index in [0.717, 1.165) is 39.9 Å². The van der Waals surface area contributed by atoms with Crippen molar-refractivity contribution in [1.29, 1.82) is 0 Å². The van der Waals surface area contributed by atoms with E-state index in [1.165, 1.54) is 0 Å². The van der Waals surface area contributed by atoms with Crippen LogP contribution in [0.25, 0.3) is 10.2 Å². The zero-order valence-corrected chi connectivity index (χ0v) is 11.3. The Kier molecular flexibility index (Phi) is 2.75. The van der Waals surface area contributed by atoms with E-state index in [2.05, 4.69) is 4.98 Å². The summed E-state index contributed by atoms with van der Waals surface area (Å²) in [7, 11) is 0. The van der Waals surface area contributed by atoms with Gasteiger partial charge in [-0.25, -0.2) is 4.98 Å². The smallest absolute Gasteiger partial charge is 0.262 e. The number of fused-ring (bicyclic) bond motifs is 1. The van der Waals surface area contributed by atoms with Gasteiger partial charge >= 0.3 is 0 Å². The number of aliphatic hydroxyl groups excluding tert-OH is 1. The SMILES string of the molecule is Cc1sc2ncn([C@H]3CCC[C@@H]3O)c(=O)c2c1C. The first kappa shape index (κ1) is 11.9. The van der Waals surface area contributed by atoms with Crippen LogP contribution < -0.4 is 5.56 Å². The lowest BCUT2D eigenvalue weighted by Crippen LogP contribution is -2.29. The summed E-state index contributed by atoms with van der Waals surface area (Å²) in [5.41, 5.74) is 1.02. The largest absolute Gasteiger partial charge is 0.391 e. The molecule has 96 valence electrons. The van der Waals surface area contributed by atoms with Crippen molar-refractivity contribution in [1.82, 2.24) is 9.55 Å². The highest BCUT2D eigenvalue weighted by Gasteiger charge is 2.28. The summed E-state index contributed by atoms with van der Waals surface area (Å²) >= 11 is 1.56. The Morgan fingerprint density at radius 3 is 2.89 bits per heavy atom. The molecule has 1 saturated carbocycles. The molecule has 2 heterocycles. The second-order valence-corrected chi connectivity index (χ2v) is 6.19. The zero-order chi connectivity index (χ0) is 12.9. The average molecular weight is 264 g/mol. The van der Waals surface area contributed by atoms with Gasteiger partial charge in [-0.15, -0.1) is 11.3 Å². The van der Waals surface area contributed by atoms with Gasteiger partial charge in [-0.3, -0.25) is 9.36 Å². The lowest BCUT2D eigenvalue weighted by Gasteiger charge is -2.17. The second kappa shape index (κ2) is 4.17. The summed E-state index contributed by atoms with van der Waals surface area (Å²) in [4.78, 5) is 18.8. The Morgan fingerprint density at radius 1 is 1.44 bits per heavy atom. The van der Waals surface area contributed by atoms with Gasteiger partial charge in [-0.2, -0.15) is 0 Å². The minimum absolute atomic E-state index is 0.00667. The van der Waals surface area contributed by atoms with Crippen molar-refractivity contribution in [2.75, 3.05) is 0 Å². The number of aromatic nitrogens is 2. The van der Waals surface area contributed by atoms with Gasteiger partial charge < -0.3 is 5.11 Å². The third-order valence-electron chi connectivity index (χ3n) is 3.92. The van der Waals surface area contributed by atoms with Crippen LogP contribution in [-0.2, 0) is 0 Å². The molecule has 1 N–H and O–H groups in total. The third kappa shape index (κ3) is 1.61. The second-order valence-electron chi connectivity index (χ2n) is 4.99. The molecule has 1 aliphatic rings. The minimum atomic E-state index is -0.415. The predicted octanol–water partition coefficient (Wildman–Crippen LogP) is 2.16. The van der Waals surface area contributed by atoms with Crippen LogP contribution in [-0.4, -0.2) is 20.8 Å². The number of rotatable bonds is 1. The Morgan fingerprint density at radius 2 is 2.22 bits per heavy atom. The summed E-state index contributed by atoms with van der Waals surface area (Å²) in [6, 6.07) is -0.103. The van der Waals surface area contributed by atoms with Crippen LogP contribution in [0.1, 0.15) is 35.7 Å². The molecule has 4 nitrogen and oxygen atoms in total. The van der Waals surface area contributed by atoms with Gasteiger partial charge in [0.1, 0.15) is 4.83 Å². The van der Waals surface area contributed by atoms with Crippen LogP contribution in [0.5, 0.6) is 0 Å². The Balaban J connectivity index is 2.23. The molecular formula is C13H16N2O2S. The molecule has 2 atom stereocenters. The highest BCUT2D eigenvalue weighted by molar-refractivity contribution is 7.18. The average Bonchev–Trinajstić information content (AvgIpc) is 2.86. The molecule has 0 amide bonds. The molecule has 0 saturated heterocycles. The molecule has 0 unspecified atom stereocenters. The fourth-order valence-electron chi connectivity index (χ4n) is 2.73. The van der Waals surface area contributed by atoms with Crippen LogP contribution in [0.15, 0.2) is 11.1 Å². The molecule has 0 radical (unpaired) electrons. The first-order valence-electron chi connectivity index (χ1n) is 6.24. The Labute approximate surface area is 109 Å². The molecule has 5 heteroatoms. The Hall–Kier alpha value is -1.20. The van der Waals surface area contributed by atoms with E-state index in [0.29, 0.717) is 0 Å². The molecule has 0 spiro atoms. The lowest BCUT2D eigenvalue weighted by atomic mass is 10.2. The first-order valence-corrected chi connectivity index (χ1v) is 7.06. The van der Waals surface area contributed by atoms with Crippen molar-refractivity contribution >= 4 is 21.6 Å². The van der Waals surface area contributed by atoms with Gasteiger partial charge in [-0.1, -0.05) is 0 Å². The van der Waals surface area contributed by atoms with Crippen LogP contribution in [0.3, 0.4) is 0 Å². The monoisotopic (exact) mass is 264 g/mol. The van der Waals surface area contributed by atoms with Crippen molar-refractivity contribution in [2.24, 2.45) is 0 Å². The molecule has 2 aromatic rings. The minimum Gasteiger partial charge on any atom is -0.391 e.